The lowest BCUT2D eigenvalue weighted by Gasteiger charge is -2.31. The predicted octanol–water partition coefficient (Wildman–Crippen LogP) is 11.5. The van der Waals surface area contributed by atoms with Crippen LogP contribution in [0.25, 0.3) is 66.5 Å². The third kappa shape index (κ3) is 15.4. The van der Waals surface area contributed by atoms with E-state index in [2.05, 4.69) is 120 Å². The van der Waals surface area contributed by atoms with Gasteiger partial charge in [0.15, 0.2) is 17.5 Å². The average Bonchev–Trinajstić information content (AvgIpc) is 1.50. The van der Waals surface area contributed by atoms with Gasteiger partial charge in [0.25, 0.3) is 0 Å². The van der Waals surface area contributed by atoms with E-state index in [1.807, 2.05) is 100 Å². The van der Waals surface area contributed by atoms with E-state index in [4.69, 9.17) is 40.1 Å². The molecule has 0 saturated carbocycles. The second-order valence-corrected chi connectivity index (χ2v) is 27.3. The Morgan fingerprint density at radius 3 is 1.52 bits per heavy atom. The van der Waals surface area contributed by atoms with Crippen LogP contribution >= 0.6 is 0 Å². The fourth-order valence-electron chi connectivity index (χ4n) is 13.2. The van der Waals surface area contributed by atoms with E-state index in [1.165, 1.54) is 0 Å². The molecule has 14 rings (SSSR count). The molecule has 506 valence electrons. The zero-order valence-corrected chi connectivity index (χ0v) is 56.7. The number of aryl methyl sites for hydroxylation is 1. The van der Waals surface area contributed by atoms with Crippen LogP contribution in [0, 0.1) is 0 Å². The highest BCUT2D eigenvalue weighted by Crippen LogP contribution is 2.36. The van der Waals surface area contributed by atoms with E-state index < -0.39 is 5.60 Å². The number of carbonyl (C=O) groups is 1. The summed E-state index contributed by atoms with van der Waals surface area (Å²) in [5.41, 5.74) is 13.9. The molecule has 2 saturated heterocycles. The van der Waals surface area contributed by atoms with E-state index in [0.717, 1.165) is 122 Å². The van der Waals surface area contributed by atoms with Crippen LogP contribution in [-0.2, 0) is 24.2 Å². The summed E-state index contributed by atoms with van der Waals surface area (Å²) in [6.07, 6.45) is 28.0. The molecule has 0 bridgehead atoms. The van der Waals surface area contributed by atoms with Crippen molar-refractivity contribution in [1.29, 1.82) is 0 Å². The van der Waals surface area contributed by atoms with Crippen LogP contribution in [0.5, 0.6) is 0 Å². The number of nitrogens with one attached hydrogen (secondary N) is 3. The maximum atomic E-state index is 12.1. The summed E-state index contributed by atoms with van der Waals surface area (Å²) >= 11 is 0. The summed E-state index contributed by atoms with van der Waals surface area (Å²) in [5.74, 6) is 3.67. The van der Waals surface area contributed by atoms with Gasteiger partial charge in [-0.25, -0.2) is 15.0 Å². The fraction of sp³-hybridized carbons (Fsp3) is 0.370. The van der Waals surface area contributed by atoms with Crippen LogP contribution in [0.2, 0.25) is 0 Å². The van der Waals surface area contributed by atoms with Gasteiger partial charge in [-0.1, -0.05) is 27.7 Å². The number of piperidine rings is 2. The first kappa shape index (κ1) is 65.6. The minimum atomic E-state index is -0.794. The van der Waals surface area contributed by atoms with Crippen molar-refractivity contribution in [1.82, 2.24) is 99.6 Å². The van der Waals surface area contributed by atoms with E-state index in [0.29, 0.717) is 91.4 Å². The van der Waals surface area contributed by atoms with Crippen LogP contribution in [0.15, 0.2) is 135 Å². The van der Waals surface area contributed by atoms with Crippen LogP contribution in [-0.4, -0.2) is 161 Å². The lowest BCUT2D eigenvalue weighted by Crippen LogP contribution is -2.37. The molecule has 0 spiro atoms. The van der Waals surface area contributed by atoms with Gasteiger partial charge in [0.05, 0.1) is 94.6 Å². The minimum absolute atomic E-state index is 0.0590. The normalized spacial score (nSPS) is 14.9. The molecular formula is C73H81N23O3. The van der Waals surface area contributed by atoms with E-state index in [1.54, 1.807) is 39.4 Å². The van der Waals surface area contributed by atoms with Crippen molar-refractivity contribution in [2.75, 3.05) is 55.3 Å². The molecule has 2 fully saturated rings. The number of fused-ring (bicyclic) bond motifs is 3. The molecule has 0 radical (unpaired) electrons. The number of anilines is 6. The van der Waals surface area contributed by atoms with Gasteiger partial charge in [-0.3, -0.25) is 33.8 Å². The highest BCUT2D eigenvalue weighted by atomic mass is 16.3. The van der Waals surface area contributed by atoms with Gasteiger partial charge in [-0.05, 0) is 165 Å². The van der Waals surface area contributed by atoms with Gasteiger partial charge in [-0.15, -0.1) is 15.3 Å². The Balaban J connectivity index is 0.734. The van der Waals surface area contributed by atoms with Crippen molar-refractivity contribution in [3.05, 3.63) is 163 Å². The molecule has 12 aromatic rings. The summed E-state index contributed by atoms with van der Waals surface area (Å²) < 4.78 is 5.92. The predicted molar refractivity (Wildman–Crippen MR) is 380 cm³/mol. The number of nitrogens with zero attached hydrogens (tertiary/aromatic N) is 20. The van der Waals surface area contributed by atoms with E-state index >= 15 is 0 Å². The maximum absolute atomic E-state index is 12.1. The van der Waals surface area contributed by atoms with Crippen LogP contribution < -0.4 is 16.0 Å². The Bertz CT molecular complexity index is 4870. The number of pyridine rings is 6. The number of hydrogen-bond acceptors (Lipinski definition) is 22. The first-order valence-electron chi connectivity index (χ1n) is 34.0. The standard InChI is InChI=1S/C73H81N23O3/c1-44(2)50-29-68(89-77-35-50)87-66-27-48(71-63(84-66)25-54(33-75-71)57-39-81-95(42-57)59-10-15-92(16-11-59)20-21-97)23-46(4)52-31-70(91-79-37-52)88-67-28-49(72-64(85-67)26-55(34-76-72)58-40-82-96(43-58)60-12-17-93(18-13-60)47(5)98)22-45(3)51-30-69(90-78-36-51)86-65-9-8-61-62(83-65)24-53(32-74-61)56-38-80-94(41-56)19-14-73(6,7)99/h8-9,24-46,59-60,97,99H,10-23H2,1-7H3,(H,83,86,90)(H,84,87,89)(H,85,88,91). The number of amides is 1. The Hall–Kier alpha value is -10.7. The van der Waals surface area contributed by atoms with Crippen molar-refractivity contribution in [3.8, 4) is 33.4 Å². The monoisotopic (exact) mass is 1330 g/mol. The van der Waals surface area contributed by atoms with E-state index in [9.17, 15) is 15.0 Å². The second kappa shape index (κ2) is 28.4. The zero-order valence-electron chi connectivity index (χ0n) is 56.7. The summed E-state index contributed by atoms with van der Waals surface area (Å²) in [4.78, 5) is 46.6. The number of aliphatic hydroxyl groups is 2. The molecular weight excluding hydrogens is 1250 g/mol. The molecule has 12 aromatic heterocycles. The first-order chi connectivity index (χ1) is 48.0. The van der Waals surface area contributed by atoms with Crippen molar-refractivity contribution < 1.29 is 15.0 Å². The van der Waals surface area contributed by atoms with Crippen LogP contribution in [0.3, 0.4) is 0 Å². The summed E-state index contributed by atoms with van der Waals surface area (Å²) in [7, 11) is 0. The molecule has 2 unspecified atom stereocenters. The van der Waals surface area contributed by atoms with Crippen molar-refractivity contribution in [2.45, 2.75) is 135 Å². The van der Waals surface area contributed by atoms with Gasteiger partial charge >= 0.3 is 0 Å². The number of aromatic nitrogens is 18. The number of carbonyl (C=O) groups excluding carboxylic acids is 1. The quantitative estimate of drug-likeness (QED) is 0.0397. The first-order valence-corrected chi connectivity index (χ1v) is 34.0. The lowest BCUT2D eigenvalue weighted by molar-refractivity contribution is -0.130. The van der Waals surface area contributed by atoms with Crippen molar-refractivity contribution in [3.63, 3.8) is 0 Å². The number of aliphatic hydroxyl groups excluding tert-OH is 1. The van der Waals surface area contributed by atoms with E-state index in [-0.39, 0.29) is 42.4 Å². The number of hydrogen-bond donors (Lipinski definition) is 5. The third-order valence-corrected chi connectivity index (χ3v) is 19.1. The molecule has 2 aliphatic rings. The molecule has 0 aromatic carbocycles. The van der Waals surface area contributed by atoms with Crippen LogP contribution in [0.4, 0.5) is 34.9 Å². The average molecular weight is 1330 g/mol. The summed E-state index contributed by atoms with van der Waals surface area (Å²) in [5, 5.41) is 71.2. The van der Waals surface area contributed by atoms with Gasteiger partial charge in [-0.2, -0.15) is 30.6 Å². The Morgan fingerprint density at radius 2 is 0.990 bits per heavy atom. The highest BCUT2D eigenvalue weighted by Gasteiger charge is 2.26. The Morgan fingerprint density at radius 1 is 0.515 bits per heavy atom. The second-order valence-electron chi connectivity index (χ2n) is 27.3. The van der Waals surface area contributed by atoms with Crippen molar-refractivity contribution >= 4 is 73.9 Å². The van der Waals surface area contributed by atoms with Crippen molar-refractivity contribution in [2.24, 2.45) is 0 Å². The molecule has 26 heteroatoms. The molecule has 99 heavy (non-hydrogen) atoms. The zero-order chi connectivity index (χ0) is 68.3. The molecule has 2 aliphatic heterocycles. The largest absolute Gasteiger partial charge is 0.395 e. The maximum Gasteiger partial charge on any atom is 0.219 e. The number of likely N-dealkylation sites (tertiary alicyclic amines) is 2. The van der Waals surface area contributed by atoms with Gasteiger partial charge in [0, 0.05) is 117 Å². The minimum Gasteiger partial charge on any atom is -0.395 e. The topological polar surface area (TPSA) is 308 Å². The summed E-state index contributed by atoms with van der Waals surface area (Å²) in [6.45, 7) is 18.5. The smallest absolute Gasteiger partial charge is 0.219 e. The molecule has 1 amide bonds. The number of rotatable bonds is 23. The molecule has 0 aliphatic carbocycles. The SMILES string of the molecule is CC(=O)N1CCC(n2cc(-c3cnc4c(CC(C)c5cnnc(Nc6ccc7ncc(-c8cnn(CCC(C)(C)O)c8)cc7n6)c5)cc(Nc5cc(C(C)Cc6cc(Nc7cc(C(C)C)cnn7)nc7cc(-c8cnn(C9CCN(CCO)CC9)c8)cnc67)cnn5)nc4c3)cn2)CC1. The molecule has 26 nitrogen and oxygen atoms in total. The summed E-state index contributed by atoms with van der Waals surface area (Å²) in [6, 6.07) is 20.5. The van der Waals surface area contributed by atoms with Gasteiger partial charge in [0.2, 0.25) is 5.91 Å². The molecule has 14 heterocycles. The third-order valence-electron chi connectivity index (χ3n) is 19.1. The number of β-amino-alcohol motifs (C(OH)–C–C–N with tert-alkyl or cyclic N) is 1. The van der Waals surface area contributed by atoms with Gasteiger partial charge in [0.1, 0.15) is 17.5 Å². The molecule has 5 N–H and O–H groups in total. The Labute approximate surface area is 572 Å². The lowest BCUT2D eigenvalue weighted by atomic mass is 9.94. The fourth-order valence-corrected chi connectivity index (χ4v) is 13.2. The van der Waals surface area contributed by atoms with Gasteiger partial charge < -0.3 is 36.0 Å². The Kier molecular flexibility index (Phi) is 18.8. The highest BCUT2D eigenvalue weighted by molar-refractivity contribution is 5.87. The molecule has 2 atom stereocenters. The van der Waals surface area contributed by atoms with Crippen LogP contribution in [0.1, 0.15) is 138 Å².